The average molecular weight is 465 g/mol. The number of ether oxygens (including phenoxy) is 5. The number of rotatable bonds is 12. The van der Waals surface area contributed by atoms with Crippen molar-refractivity contribution in [2.24, 2.45) is 11.8 Å². The predicted octanol–water partition coefficient (Wildman–Crippen LogP) is 6.39. The van der Waals surface area contributed by atoms with Crippen molar-refractivity contribution in [3.8, 4) is 0 Å². The number of hydrogen-bond acceptors (Lipinski definition) is 5. The molecule has 1 saturated heterocycles. The van der Waals surface area contributed by atoms with Gasteiger partial charge in [-0.25, -0.2) is 0 Å². The van der Waals surface area contributed by atoms with E-state index in [0.29, 0.717) is 19.1 Å². The van der Waals surface area contributed by atoms with E-state index in [9.17, 15) is 0 Å². The Morgan fingerprint density at radius 1 is 0.818 bits per heavy atom. The quantitative estimate of drug-likeness (QED) is 0.358. The van der Waals surface area contributed by atoms with E-state index < -0.39 is 6.29 Å². The molecule has 1 aromatic carbocycles. The van der Waals surface area contributed by atoms with Gasteiger partial charge in [-0.1, -0.05) is 32.0 Å². The van der Waals surface area contributed by atoms with Crippen molar-refractivity contribution in [3.63, 3.8) is 0 Å². The van der Waals surface area contributed by atoms with Crippen molar-refractivity contribution in [2.45, 2.75) is 119 Å². The highest BCUT2D eigenvalue weighted by Crippen LogP contribution is 2.38. The summed E-state index contributed by atoms with van der Waals surface area (Å²) >= 11 is 0. The molecule has 1 fully saturated rings. The topological polar surface area (TPSA) is 46.2 Å². The number of hydrogen-bond donors (Lipinski definition) is 0. The molecule has 0 saturated carbocycles. The standard InChI is InChI=1S/C28H48O5/c1-17(2)13-24(15-29-18(3)4)26-27(31-20(7)8)25(16-30-19(5)6)32-28(33-26)23-12-11-21(9)22(10)14-23/h11-12,14,17-20,24-28H,13,15-16H2,1-10H3/t24-,25+,26-,27-,28?/m1/s1. The van der Waals surface area contributed by atoms with Gasteiger partial charge in [-0.3, -0.25) is 0 Å². The minimum Gasteiger partial charge on any atom is -0.378 e. The van der Waals surface area contributed by atoms with Crippen LogP contribution in [0.2, 0.25) is 0 Å². The van der Waals surface area contributed by atoms with E-state index >= 15 is 0 Å². The van der Waals surface area contributed by atoms with Gasteiger partial charge in [-0.05, 0) is 78.9 Å². The Bertz CT molecular complexity index is 700. The van der Waals surface area contributed by atoms with Crippen molar-refractivity contribution < 1.29 is 23.7 Å². The lowest BCUT2D eigenvalue weighted by Gasteiger charge is -2.46. The zero-order valence-corrected chi connectivity index (χ0v) is 22.6. The summed E-state index contributed by atoms with van der Waals surface area (Å²) in [7, 11) is 0. The first-order valence-electron chi connectivity index (χ1n) is 12.7. The maximum absolute atomic E-state index is 6.73. The average Bonchev–Trinajstić information content (AvgIpc) is 2.71. The molecule has 1 unspecified atom stereocenters. The Morgan fingerprint density at radius 2 is 1.48 bits per heavy atom. The summed E-state index contributed by atoms with van der Waals surface area (Å²) in [5.74, 6) is 0.706. The monoisotopic (exact) mass is 464 g/mol. The van der Waals surface area contributed by atoms with Crippen molar-refractivity contribution in [2.75, 3.05) is 13.2 Å². The molecule has 5 nitrogen and oxygen atoms in total. The van der Waals surface area contributed by atoms with Crippen molar-refractivity contribution in [1.82, 2.24) is 0 Å². The lowest BCUT2D eigenvalue weighted by molar-refractivity contribution is -0.322. The molecule has 1 aromatic rings. The first-order chi connectivity index (χ1) is 15.5. The first kappa shape index (κ1) is 28.3. The predicted molar refractivity (Wildman–Crippen MR) is 134 cm³/mol. The molecule has 190 valence electrons. The van der Waals surface area contributed by atoms with Gasteiger partial charge >= 0.3 is 0 Å². The highest BCUT2D eigenvalue weighted by molar-refractivity contribution is 5.30. The Hall–Kier alpha value is -0.980. The van der Waals surface area contributed by atoms with Crippen LogP contribution in [0.3, 0.4) is 0 Å². The fraction of sp³-hybridized carbons (Fsp3) is 0.786. The molecule has 0 N–H and O–H groups in total. The van der Waals surface area contributed by atoms with Gasteiger partial charge in [0.1, 0.15) is 12.2 Å². The van der Waals surface area contributed by atoms with E-state index in [1.54, 1.807) is 0 Å². The molecule has 5 heteroatoms. The first-order valence-corrected chi connectivity index (χ1v) is 12.7. The van der Waals surface area contributed by atoms with Crippen LogP contribution in [-0.4, -0.2) is 49.8 Å². The van der Waals surface area contributed by atoms with Crippen LogP contribution >= 0.6 is 0 Å². The molecular formula is C28H48O5. The van der Waals surface area contributed by atoms with Gasteiger partial charge in [0.25, 0.3) is 0 Å². The Balaban J connectivity index is 2.43. The van der Waals surface area contributed by atoms with Crippen LogP contribution in [0, 0.1) is 25.7 Å². The largest absolute Gasteiger partial charge is 0.378 e. The zero-order chi connectivity index (χ0) is 24.7. The third-order valence-electron chi connectivity index (χ3n) is 5.98. The SMILES string of the molecule is Cc1ccc(C2O[C@H]([C@@H](COC(C)C)CC(C)C)[C@H](OC(C)C)[C@H](COC(C)C)O2)cc1C. The van der Waals surface area contributed by atoms with Crippen molar-refractivity contribution in [3.05, 3.63) is 34.9 Å². The third-order valence-corrected chi connectivity index (χ3v) is 5.98. The maximum Gasteiger partial charge on any atom is 0.184 e. The molecule has 0 aromatic heterocycles. The molecule has 0 amide bonds. The fourth-order valence-corrected chi connectivity index (χ4v) is 4.27. The van der Waals surface area contributed by atoms with Crippen LogP contribution in [0.5, 0.6) is 0 Å². The zero-order valence-electron chi connectivity index (χ0n) is 22.6. The van der Waals surface area contributed by atoms with Crippen LogP contribution in [0.1, 0.15) is 84.8 Å². The second-order valence-electron chi connectivity index (χ2n) is 10.8. The molecule has 5 atom stereocenters. The van der Waals surface area contributed by atoms with Crippen LogP contribution in [0.4, 0.5) is 0 Å². The fourth-order valence-electron chi connectivity index (χ4n) is 4.27. The van der Waals surface area contributed by atoms with Gasteiger partial charge in [0, 0.05) is 11.5 Å². The summed E-state index contributed by atoms with van der Waals surface area (Å²) in [6, 6.07) is 6.41. The molecular weight excluding hydrogens is 416 g/mol. The molecule has 0 bridgehead atoms. The maximum atomic E-state index is 6.73. The smallest absolute Gasteiger partial charge is 0.184 e. The van der Waals surface area contributed by atoms with Gasteiger partial charge in [0.05, 0.1) is 37.6 Å². The second kappa shape index (κ2) is 13.2. The minimum absolute atomic E-state index is 0.0511. The van der Waals surface area contributed by atoms with Crippen molar-refractivity contribution in [1.29, 1.82) is 0 Å². The minimum atomic E-state index is -0.462. The van der Waals surface area contributed by atoms with E-state index in [1.165, 1.54) is 11.1 Å². The number of aryl methyl sites for hydroxylation is 2. The van der Waals surface area contributed by atoms with E-state index in [1.807, 2.05) is 13.8 Å². The van der Waals surface area contributed by atoms with E-state index in [4.69, 9.17) is 23.7 Å². The molecule has 1 heterocycles. The summed E-state index contributed by atoms with van der Waals surface area (Å²) in [6.07, 6.45) is 0.248. The lowest BCUT2D eigenvalue weighted by atomic mass is 9.87. The molecule has 2 rings (SSSR count). The Labute approximate surface area is 202 Å². The molecule has 1 aliphatic rings. The highest BCUT2D eigenvalue weighted by atomic mass is 16.7. The van der Waals surface area contributed by atoms with Gasteiger partial charge in [0.2, 0.25) is 0 Å². The number of benzene rings is 1. The van der Waals surface area contributed by atoms with Crippen LogP contribution in [0.25, 0.3) is 0 Å². The van der Waals surface area contributed by atoms with Crippen molar-refractivity contribution >= 4 is 0 Å². The van der Waals surface area contributed by atoms with E-state index in [-0.39, 0.29) is 42.5 Å². The molecule has 33 heavy (non-hydrogen) atoms. The summed E-state index contributed by atoms with van der Waals surface area (Å²) in [5, 5.41) is 0. The third kappa shape index (κ3) is 8.95. The van der Waals surface area contributed by atoms with Gasteiger partial charge in [-0.2, -0.15) is 0 Å². The van der Waals surface area contributed by atoms with Crippen LogP contribution in [0.15, 0.2) is 18.2 Å². The van der Waals surface area contributed by atoms with Gasteiger partial charge < -0.3 is 23.7 Å². The Morgan fingerprint density at radius 3 is 2.03 bits per heavy atom. The van der Waals surface area contributed by atoms with Crippen LogP contribution < -0.4 is 0 Å². The van der Waals surface area contributed by atoms with Gasteiger partial charge in [0.15, 0.2) is 6.29 Å². The van der Waals surface area contributed by atoms with Gasteiger partial charge in [-0.15, -0.1) is 0 Å². The molecule has 1 aliphatic heterocycles. The van der Waals surface area contributed by atoms with E-state index in [0.717, 1.165) is 12.0 Å². The molecule has 0 spiro atoms. The molecule has 0 aliphatic carbocycles. The summed E-state index contributed by atoms with van der Waals surface area (Å²) in [5.41, 5.74) is 3.53. The van der Waals surface area contributed by atoms with E-state index in [2.05, 4.69) is 73.6 Å². The highest BCUT2D eigenvalue weighted by Gasteiger charge is 2.45. The summed E-state index contributed by atoms with van der Waals surface area (Å²) < 4.78 is 31.9. The summed E-state index contributed by atoms with van der Waals surface area (Å²) in [6.45, 7) is 22.2. The molecule has 0 radical (unpaired) electrons. The lowest BCUT2D eigenvalue weighted by Crippen LogP contribution is -2.55. The summed E-state index contributed by atoms with van der Waals surface area (Å²) in [4.78, 5) is 0. The normalized spacial score (nSPS) is 24.9. The van der Waals surface area contributed by atoms with Crippen LogP contribution in [-0.2, 0) is 23.7 Å². The second-order valence-corrected chi connectivity index (χ2v) is 10.8. The Kier molecular flexibility index (Phi) is 11.3.